The quantitative estimate of drug-likeness (QED) is 0.529. The number of aromatic hydroxyl groups is 1. The van der Waals surface area contributed by atoms with Gasteiger partial charge >= 0.3 is 0 Å². The Hall–Kier alpha value is -2.10. The number of nitrogens with zero attached hydrogens (tertiary/aromatic N) is 1. The number of hydrogen-bond donors (Lipinski definition) is 4. The number of primary amides is 1. The van der Waals surface area contributed by atoms with Crippen LogP contribution in [0.2, 0.25) is 0 Å². The Balaban J connectivity index is 3.12. The summed E-state index contributed by atoms with van der Waals surface area (Å²) in [6.07, 6.45) is -3.49. The van der Waals surface area contributed by atoms with Crippen molar-refractivity contribution in [3.8, 4) is 11.8 Å². The fourth-order valence-corrected chi connectivity index (χ4v) is 1.19. The molecule has 0 heterocycles. The molecule has 16 heavy (non-hydrogen) atoms. The maximum atomic E-state index is 10.6. The molecule has 0 saturated heterocycles. The SMILES string of the molecule is N#Cc1ccc(O)c(C(O)C(O)C(N)=O)c1. The van der Waals surface area contributed by atoms with Crippen molar-refractivity contribution in [2.24, 2.45) is 5.73 Å². The Kier molecular flexibility index (Phi) is 3.45. The number of nitriles is 1. The first kappa shape index (κ1) is 12.0. The van der Waals surface area contributed by atoms with Gasteiger partial charge in [0.25, 0.3) is 0 Å². The van der Waals surface area contributed by atoms with Gasteiger partial charge in [0.2, 0.25) is 5.91 Å². The van der Waals surface area contributed by atoms with E-state index in [0.717, 1.165) is 0 Å². The van der Waals surface area contributed by atoms with Crippen LogP contribution in [-0.2, 0) is 4.79 Å². The number of amides is 1. The second kappa shape index (κ2) is 4.61. The van der Waals surface area contributed by atoms with Crippen molar-refractivity contribution in [3.63, 3.8) is 0 Å². The topological polar surface area (TPSA) is 128 Å². The molecule has 0 spiro atoms. The number of carbonyl (C=O) groups excluding carboxylic acids is 1. The Labute approximate surface area is 91.2 Å². The maximum absolute atomic E-state index is 10.6. The summed E-state index contributed by atoms with van der Waals surface area (Å²) in [6.45, 7) is 0. The van der Waals surface area contributed by atoms with E-state index in [9.17, 15) is 20.1 Å². The molecular weight excluding hydrogens is 212 g/mol. The van der Waals surface area contributed by atoms with Gasteiger partial charge in [-0.2, -0.15) is 5.26 Å². The molecule has 2 unspecified atom stereocenters. The van der Waals surface area contributed by atoms with Crippen molar-refractivity contribution < 1.29 is 20.1 Å². The van der Waals surface area contributed by atoms with Crippen LogP contribution in [0, 0.1) is 11.3 Å². The van der Waals surface area contributed by atoms with Crippen LogP contribution in [0.4, 0.5) is 0 Å². The molecular formula is C10H10N2O4. The Morgan fingerprint density at radius 1 is 1.44 bits per heavy atom. The number of phenolic OH excluding ortho intramolecular Hbond substituents is 1. The van der Waals surface area contributed by atoms with Crippen LogP contribution in [0.15, 0.2) is 18.2 Å². The summed E-state index contributed by atoms with van der Waals surface area (Å²) < 4.78 is 0. The van der Waals surface area contributed by atoms with E-state index in [1.165, 1.54) is 18.2 Å². The molecule has 0 fully saturated rings. The number of carbonyl (C=O) groups is 1. The largest absolute Gasteiger partial charge is 0.508 e. The molecule has 2 atom stereocenters. The van der Waals surface area contributed by atoms with Crippen LogP contribution in [0.3, 0.4) is 0 Å². The first-order valence-corrected chi connectivity index (χ1v) is 4.36. The summed E-state index contributed by atoms with van der Waals surface area (Å²) in [5.41, 5.74) is 4.86. The summed E-state index contributed by atoms with van der Waals surface area (Å²) in [5, 5.41) is 36.8. The lowest BCUT2D eigenvalue weighted by Gasteiger charge is -2.16. The molecule has 6 nitrogen and oxygen atoms in total. The fourth-order valence-electron chi connectivity index (χ4n) is 1.19. The highest BCUT2D eigenvalue weighted by Crippen LogP contribution is 2.27. The predicted molar refractivity (Wildman–Crippen MR) is 53.0 cm³/mol. The van der Waals surface area contributed by atoms with Crippen LogP contribution in [0.25, 0.3) is 0 Å². The van der Waals surface area contributed by atoms with E-state index in [4.69, 9.17) is 11.0 Å². The monoisotopic (exact) mass is 222 g/mol. The average Bonchev–Trinajstić information content (AvgIpc) is 2.27. The van der Waals surface area contributed by atoms with E-state index in [2.05, 4.69) is 0 Å². The molecule has 0 aliphatic carbocycles. The molecule has 84 valence electrons. The smallest absolute Gasteiger partial charge is 0.249 e. The van der Waals surface area contributed by atoms with Gasteiger partial charge in [-0.05, 0) is 18.2 Å². The van der Waals surface area contributed by atoms with Crippen LogP contribution >= 0.6 is 0 Å². The van der Waals surface area contributed by atoms with Crippen LogP contribution in [0.5, 0.6) is 5.75 Å². The molecule has 0 aliphatic heterocycles. The number of hydrogen-bond acceptors (Lipinski definition) is 5. The van der Waals surface area contributed by atoms with Gasteiger partial charge < -0.3 is 21.1 Å². The zero-order valence-electron chi connectivity index (χ0n) is 8.16. The average molecular weight is 222 g/mol. The number of aliphatic hydroxyl groups excluding tert-OH is 2. The van der Waals surface area contributed by atoms with Gasteiger partial charge in [0.05, 0.1) is 11.6 Å². The Bertz CT molecular complexity index is 453. The summed E-state index contributed by atoms with van der Waals surface area (Å²) in [7, 11) is 0. The zero-order valence-corrected chi connectivity index (χ0v) is 8.16. The Morgan fingerprint density at radius 2 is 2.06 bits per heavy atom. The van der Waals surface area contributed by atoms with E-state index < -0.39 is 18.1 Å². The van der Waals surface area contributed by atoms with Gasteiger partial charge in [0.1, 0.15) is 11.9 Å². The molecule has 1 aromatic carbocycles. The van der Waals surface area contributed by atoms with Crippen molar-refractivity contribution in [1.82, 2.24) is 0 Å². The Morgan fingerprint density at radius 3 is 2.56 bits per heavy atom. The second-order valence-electron chi connectivity index (χ2n) is 3.18. The van der Waals surface area contributed by atoms with E-state index in [0.29, 0.717) is 0 Å². The molecule has 1 amide bonds. The number of phenols is 1. The lowest BCUT2D eigenvalue weighted by molar-refractivity contribution is -0.132. The summed E-state index contributed by atoms with van der Waals surface area (Å²) >= 11 is 0. The zero-order chi connectivity index (χ0) is 12.3. The lowest BCUT2D eigenvalue weighted by Crippen LogP contribution is -2.33. The normalized spacial score (nSPS) is 13.8. The third kappa shape index (κ3) is 2.28. The third-order valence-corrected chi connectivity index (χ3v) is 2.07. The van der Waals surface area contributed by atoms with E-state index in [1.807, 2.05) is 0 Å². The van der Waals surface area contributed by atoms with Crippen molar-refractivity contribution >= 4 is 5.91 Å². The minimum atomic E-state index is -1.83. The molecule has 0 aliphatic rings. The first-order chi connectivity index (χ1) is 7.47. The standard InChI is InChI=1S/C10H10N2O4/c11-4-5-1-2-7(13)6(3-5)8(14)9(15)10(12)16/h1-3,8-9,13-15H,(H2,12,16). The van der Waals surface area contributed by atoms with Crippen molar-refractivity contribution in [1.29, 1.82) is 5.26 Å². The van der Waals surface area contributed by atoms with Crippen molar-refractivity contribution in [2.45, 2.75) is 12.2 Å². The maximum Gasteiger partial charge on any atom is 0.249 e. The van der Waals surface area contributed by atoms with Crippen molar-refractivity contribution in [3.05, 3.63) is 29.3 Å². The molecule has 1 rings (SSSR count). The van der Waals surface area contributed by atoms with E-state index in [1.54, 1.807) is 6.07 Å². The summed E-state index contributed by atoms with van der Waals surface area (Å²) in [6, 6.07) is 5.49. The highest BCUT2D eigenvalue weighted by atomic mass is 16.3. The lowest BCUT2D eigenvalue weighted by atomic mass is 10.0. The number of aliphatic hydroxyl groups is 2. The minimum absolute atomic E-state index is 0.120. The number of rotatable bonds is 3. The number of nitrogens with two attached hydrogens (primary N) is 1. The molecule has 0 bridgehead atoms. The van der Waals surface area contributed by atoms with Gasteiger partial charge in [-0.15, -0.1) is 0 Å². The molecule has 6 heteroatoms. The van der Waals surface area contributed by atoms with Gasteiger partial charge in [-0.1, -0.05) is 0 Å². The van der Waals surface area contributed by atoms with E-state index in [-0.39, 0.29) is 16.9 Å². The third-order valence-electron chi connectivity index (χ3n) is 2.07. The minimum Gasteiger partial charge on any atom is -0.508 e. The predicted octanol–water partition coefficient (Wildman–Crippen LogP) is -0.857. The fraction of sp³-hybridized carbons (Fsp3) is 0.200. The van der Waals surface area contributed by atoms with E-state index >= 15 is 0 Å². The molecule has 1 aromatic rings. The summed E-state index contributed by atoms with van der Waals surface area (Å²) in [5.74, 6) is -1.44. The number of benzene rings is 1. The van der Waals surface area contributed by atoms with Gasteiger partial charge in [-0.3, -0.25) is 4.79 Å². The molecule has 0 aromatic heterocycles. The van der Waals surface area contributed by atoms with Gasteiger partial charge in [-0.25, -0.2) is 0 Å². The molecule has 0 radical (unpaired) electrons. The summed E-state index contributed by atoms with van der Waals surface area (Å²) in [4.78, 5) is 10.6. The van der Waals surface area contributed by atoms with Gasteiger partial charge in [0, 0.05) is 5.56 Å². The second-order valence-corrected chi connectivity index (χ2v) is 3.18. The van der Waals surface area contributed by atoms with Gasteiger partial charge in [0.15, 0.2) is 6.10 Å². The molecule has 5 N–H and O–H groups in total. The van der Waals surface area contributed by atoms with Crippen LogP contribution in [-0.4, -0.2) is 27.3 Å². The van der Waals surface area contributed by atoms with Crippen LogP contribution in [0.1, 0.15) is 17.2 Å². The first-order valence-electron chi connectivity index (χ1n) is 4.36. The van der Waals surface area contributed by atoms with Crippen molar-refractivity contribution in [2.75, 3.05) is 0 Å². The highest BCUT2D eigenvalue weighted by Gasteiger charge is 2.25. The van der Waals surface area contributed by atoms with Crippen LogP contribution < -0.4 is 5.73 Å². The molecule has 0 saturated carbocycles. The highest BCUT2D eigenvalue weighted by molar-refractivity contribution is 5.79.